The minimum absolute atomic E-state index is 0.0226. The molecule has 1 aromatic rings. The smallest absolute Gasteiger partial charge is 0.191 e. The molecule has 0 aliphatic heterocycles. The summed E-state index contributed by atoms with van der Waals surface area (Å²) >= 11 is 0. The van der Waals surface area contributed by atoms with Crippen molar-refractivity contribution in [3.8, 4) is 11.5 Å². The van der Waals surface area contributed by atoms with Crippen molar-refractivity contribution in [2.45, 2.75) is 26.4 Å². The van der Waals surface area contributed by atoms with Gasteiger partial charge in [0.15, 0.2) is 5.96 Å². The Balaban J connectivity index is 2.37. The molecule has 154 valence electrons. The van der Waals surface area contributed by atoms with Crippen molar-refractivity contribution in [2.24, 2.45) is 4.99 Å². The Bertz CT molecular complexity index is 522. The largest absolute Gasteiger partial charge is 0.497 e. The van der Waals surface area contributed by atoms with Gasteiger partial charge in [-0.2, -0.15) is 0 Å². The summed E-state index contributed by atoms with van der Waals surface area (Å²) in [4.78, 5) is 6.90. The van der Waals surface area contributed by atoms with E-state index < -0.39 is 0 Å². The quantitative estimate of drug-likeness (QED) is 0.310. The molecule has 2 N–H and O–H groups in total. The highest BCUT2D eigenvalue weighted by Gasteiger charge is 2.05. The summed E-state index contributed by atoms with van der Waals surface area (Å²) < 4.78 is 16.1. The van der Waals surface area contributed by atoms with Crippen LogP contribution in [0.2, 0.25) is 0 Å². The number of nitrogens with zero attached hydrogens (tertiary/aromatic N) is 2. The van der Waals surface area contributed by atoms with Gasteiger partial charge in [0, 0.05) is 39.9 Å². The molecule has 0 radical (unpaired) electrons. The van der Waals surface area contributed by atoms with Crippen molar-refractivity contribution >= 4 is 5.96 Å². The van der Waals surface area contributed by atoms with Gasteiger partial charge >= 0.3 is 0 Å². The van der Waals surface area contributed by atoms with Crippen molar-refractivity contribution in [3.63, 3.8) is 0 Å². The van der Waals surface area contributed by atoms with Gasteiger partial charge in [0.05, 0.1) is 13.7 Å². The number of methoxy groups -OCH3 is 2. The monoisotopic (exact) mass is 380 g/mol. The number of nitrogens with one attached hydrogen (secondary N) is 2. The van der Waals surface area contributed by atoms with Crippen LogP contribution >= 0.6 is 0 Å². The fourth-order valence-corrected chi connectivity index (χ4v) is 2.44. The number of hydrogen-bond donors (Lipinski definition) is 2. The van der Waals surface area contributed by atoms with Gasteiger partial charge in [-0.15, -0.1) is 0 Å². The molecule has 0 bridgehead atoms. The van der Waals surface area contributed by atoms with Gasteiger partial charge in [-0.3, -0.25) is 0 Å². The van der Waals surface area contributed by atoms with E-state index in [2.05, 4.69) is 34.5 Å². The molecule has 0 aliphatic carbocycles. The Kier molecular flexibility index (Phi) is 12.1. The zero-order chi connectivity index (χ0) is 19.9. The van der Waals surface area contributed by atoms with Crippen molar-refractivity contribution in [3.05, 3.63) is 24.3 Å². The second-order valence-corrected chi connectivity index (χ2v) is 6.40. The summed E-state index contributed by atoms with van der Waals surface area (Å²) in [6.45, 7) is 9.08. The average molecular weight is 381 g/mol. The maximum absolute atomic E-state index is 5.90. The Morgan fingerprint density at radius 3 is 2.44 bits per heavy atom. The van der Waals surface area contributed by atoms with Crippen LogP contribution in [-0.2, 0) is 4.74 Å². The first-order valence-electron chi connectivity index (χ1n) is 9.59. The van der Waals surface area contributed by atoms with Crippen molar-refractivity contribution in [1.29, 1.82) is 0 Å². The lowest BCUT2D eigenvalue weighted by Gasteiger charge is -2.18. The molecule has 0 spiro atoms. The second-order valence-electron chi connectivity index (χ2n) is 6.40. The van der Waals surface area contributed by atoms with E-state index in [0.717, 1.165) is 56.7 Å². The van der Waals surface area contributed by atoms with Gasteiger partial charge in [0.25, 0.3) is 0 Å². The Morgan fingerprint density at radius 2 is 1.81 bits per heavy atom. The van der Waals surface area contributed by atoms with E-state index in [1.807, 2.05) is 31.2 Å². The van der Waals surface area contributed by atoms with Gasteiger partial charge in [-0.25, -0.2) is 4.99 Å². The average Bonchev–Trinajstić information content (AvgIpc) is 2.67. The number of rotatable bonds is 13. The third-order valence-electron chi connectivity index (χ3n) is 3.92. The maximum Gasteiger partial charge on any atom is 0.191 e. The topological polar surface area (TPSA) is 67.4 Å². The van der Waals surface area contributed by atoms with Crippen molar-refractivity contribution < 1.29 is 14.2 Å². The van der Waals surface area contributed by atoms with E-state index in [4.69, 9.17) is 14.2 Å². The van der Waals surface area contributed by atoms with Crippen LogP contribution in [-0.4, -0.2) is 77.6 Å². The SMILES string of the molecule is CCNC(=NCC(C)Oc1ccc(OC)cc1)NCCN(C)CCCOC. The number of guanidine groups is 1. The van der Waals surface area contributed by atoms with Crippen molar-refractivity contribution in [2.75, 3.05) is 60.6 Å². The van der Waals surface area contributed by atoms with Gasteiger partial charge < -0.3 is 29.7 Å². The molecule has 1 rings (SSSR count). The molecule has 0 aromatic heterocycles. The molecular weight excluding hydrogens is 344 g/mol. The summed E-state index contributed by atoms with van der Waals surface area (Å²) in [6, 6.07) is 7.59. The molecule has 7 heteroatoms. The van der Waals surface area contributed by atoms with E-state index in [1.165, 1.54) is 0 Å². The zero-order valence-electron chi connectivity index (χ0n) is 17.5. The summed E-state index contributed by atoms with van der Waals surface area (Å²) in [7, 11) is 5.51. The molecule has 0 fully saturated rings. The fourth-order valence-electron chi connectivity index (χ4n) is 2.44. The van der Waals surface area contributed by atoms with Crippen LogP contribution in [0.5, 0.6) is 11.5 Å². The molecular formula is C20H36N4O3. The number of hydrogen-bond acceptors (Lipinski definition) is 5. The van der Waals surface area contributed by atoms with E-state index >= 15 is 0 Å². The molecule has 1 aromatic carbocycles. The second kappa shape index (κ2) is 14.1. The van der Waals surface area contributed by atoms with Crippen LogP contribution in [0.25, 0.3) is 0 Å². The lowest BCUT2D eigenvalue weighted by atomic mass is 10.3. The molecule has 7 nitrogen and oxygen atoms in total. The predicted octanol–water partition coefficient (Wildman–Crippen LogP) is 1.99. The number of aliphatic imine (C=N–C) groups is 1. The first-order chi connectivity index (χ1) is 13.1. The number of ether oxygens (including phenoxy) is 3. The molecule has 1 unspecified atom stereocenters. The minimum Gasteiger partial charge on any atom is -0.497 e. The number of likely N-dealkylation sites (N-methyl/N-ethyl adjacent to an activating group) is 1. The lowest BCUT2D eigenvalue weighted by Crippen LogP contribution is -2.41. The summed E-state index contributed by atoms with van der Waals surface area (Å²) in [6.07, 6.45) is 1.02. The predicted molar refractivity (Wildman–Crippen MR) is 111 cm³/mol. The Hall–Kier alpha value is -1.99. The van der Waals surface area contributed by atoms with Gasteiger partial charge in [-0.1, -0.05) is 0 Å². The fraction of sp³-hybridized carbons (Fsp3) is 0.650. The normalized spacial score (nSPS) is 12.7. The van der Waals surface area contributed by atoms with Crippen LogP contribution in [0.4, 0.5) is 0 Å². The highest BCUT2D eigenvalue weighted by atomic mass is 16.5. The summed E-state index contributed by atoms with van der Waals surface area (Å²) in [5.41, 5.74) is 0. The van der Waals surface area contributed by atoms with E-state index in [9.17, 15) is 0 Å². The highest BCUT2D eigenvalue weighted by molar-refractivity contribution is 5.79. The van der Waals surface area contributed by atoms with Crippen LogP contribution < -0.4 is 20.1 Å². The maximum atomic E-state index is 5.90. The Morgan fingerprint density at radius 1 is 1.11 bits per heavy atom. The van der Waals surface area contributed by atoms with Gasteiger partial charge in [-0.05, 0) is 51.6 Å². The molecule has 0 aliphatic rings. The molecule has 0 amide bonds. The van der Waals surface area contributed by atoms with Crippen LogP contribution in [0.3, 0.4) is 0 Å². The van der Waals surface area contributed by atoms with Crippen molar-refractivity contribution in [1.82, 2.24) is 15.5 Å². The van der Waals surface area contributed by atoms with E-state index in [-0.39, 0.29) is 6.10 Å². The van der Waals surface area contributed by atoms with E-state index in [0.29, 0.717) is 6.54 Å². The molecule has 0 heterocycles. The zero-order valence-corrected chi connectivity index (χ0v) is 17.5. The van der Waals surface area contributed by atoms with Crippen LogP contribution in [0.1, 0.15) is 20.3 Å². The van der Waals surface area contributed by atoms with E-state index in [1.54, 1.807) is 14.2 Å². The highest BCUT2D eigenvalue weighted by Crippen LogP contribution is 2.18. The molecule has 1 atom stereocenters. The van der Waals surface area contributed by atoms with Gasteiger partial charge in [0.2, 0.25) is 0 Å². The third-order valence-corrected chi connectivity index (χ3v) is 3.92. The summed E-state index contributed by atoms with van der Waals surface area (Å²) in [5.74, 6) is 2.45. The lowest BCUT2D eigenvalue weighted by molar-refractivity contribution is 0.180. The summed E-state index contributed by atoms with van der Waals surface area (Å²) in [5, 5.41) is 6.64. The molecule has 0 saturated heterocycles. The van der Waals surface area contributed by atoms with Gasteiger partial charge in [0.1, 0.15) is 17.6 Å². The molecule has 27 heavy (non-hydrogen) atoms. The first-order valence-corrected chi connectivity index (χ1v) is 9.59. The van der Waals surface area contributed by atoms with Crippen LogP contribution in [0, 0.1) is 0 Å². The molecule has 0 saturated carbocycles. The Labute approximate surface area is 164 Å². The third kappa shape index (κ3) is 10.7. The minimum atomic E-state index is -0.0226. The van der Waals surface area contributed by atoms with Crippen LogP contribution in [0.15, 0.2) is 29.3 Å². The number of benzene rings is 1. The first kappa shape index (κ1) is 23.0. The standard InChI is InChI=1S/C20H36N4O3/c1-6-21-20(22-12-14-24(3)13-7-15-25-4)23-16-17(2)27-19-10-8-18(26-5)9-11-19/h8-11,17H,6-7,12-16H2,1-5H3,(H2,21,22,23).